The van der Waals surface area contributed by atoms with Crippen molar-refractivity contribution in [2.75, 3.05) is 5.32 Å². The number of nitrogens with one attached hydrogen (secondary N) is 1. The topological polar surface area (TPSA) is 49.3 Å². The molecule has 2 rings (SSSR count). The molecule has 0 amide bonds. The molecule has 2 aromatic rings. The molecular formula is C18H21NO2. The van der Waals surface area contributed by atoms with Crippen LogP contribution in [0.15, 0.2) is 36.4 Å². The normalized spacial score (nSPS) is 12.0. The molecule has 0 aliphatic heterocycles. The molecule has 3 nitrogen and oxygen atoms in total. The molecule has 1 unspecified atom stereocenters. The molecule has 0 saturated carbocycles. The summed E-state index contributed by atoms with van der Waals surface area (Å²) >= 11 is 0. The average Bonchev–Trinajstić information content (AvgIpc) is 2.39. The minimum absolute atomic E-state index is 0.165. The molecule has 0 saturated heterocycles. The van der Waals surface area contributed by atoms with Crippen molar-refractivity contribution in [1.29, 1.82) is 0 Å². The molecule has 110 valence electrons. The molecule has 0 bridgehead atoms. The molecule has 2 aromatic carbocycles. The molecule has 0 spiro atoms. The first-order valence-electron chi connectivity index (χ1n) is 7.05. The van der Waals surface area contributed by atoms with E-state index in [4.69, 9.17) is 5.11 Å². The van der Waals surface area contributed by atoms with Crippen LogP contribution in [0.25, 0.3) is 0 Å². The van der Waals surface area contributed by atoms with Gasteiger partial charge in [-0.25, -0.2) is 4.79 Å². The lowest BCUT2D eigenvalue weighted by Crippen LogP contribution is -2.09. The first-order valence-corrected chi connectivity index (χ1v) is 7.05. The summed E-state index contributed by atoms with van der Waals surface area (Å²) in [6.45, 7) is 8.22. The van der Waals surface area contributed by atoms with Gasteiger partial charge in [-0.3, -0.25) is 0 Å². The second-order valence-electron chi connectivity index (χ2n) is 5.62. The second-order valence-corrected chi connectivity index (χ2v) is 5.62. The van der Waals surface area contributed by atoms with Crippen LogP contribution in [-0.2, 0) is 0 Å². The van der Waals surface area contributed by atoms with Crippen molar-refractivity contribution in [2.24, 2.45) is 0 Å². The highest BCUT2D eigenvalue weighted by atomic mass is 16.4. The smallest absolute Gasteiger partial charge is 0.335 e. The van der Waals surface area contributed by atoms with Crippen LogP contribution in [0.1, 0.15) is 45.6 Å². The monoisotopic (exact) mass is 283 g/mol. The van der Waals surface area contributed by atoms with Gasteiger partial charge in [0.25, 0.3) is 0 Å². The van der Waals surface area contributed by atoms with Crippen molar-refractivity contribution >= 4 is 11.7 Å². The van der Waals surface area contributed by atoms with Crippen LogP contribution in [-0.4, -0.2) is 11.1 Å². The lowest BCUT2D eigenvalue weighted by Gasteiger charge is -2.19. The van der Waals surface area contributed by atoms with Crippen molar-refractivity contribution < 1.29 is 9.90 Å². The minimum Gasteiger partial charge on any atom is -0.478 e. The fourth-order valence-electron chi connectivity index (χ4n) is 2.54. The van der Waals surface area contributed by atoms with Crippen LogP contribution >= 0.6 is 0 Å². The Morgan fingerprint density at radius 2 is 1.67 bits per heavy atom. The Kier molecular flexibility index (Phi) is 4.32. The van der Waals surface area contributed by atoms with Crippen LogP contribution in [0.4, 0.5) is 5.69 Å². The summed E-state index contributed by atoms with van der Waals surface area (Å²) in [5.74, 6) is -0.896. The fourth-order valence-corrected chi connectivity index (χ4v) is 2.54. The maximum absolute atomic E-state index is 11.0. The summed E-state index contributed by atoms with van der Waals surface area (Å²) < 4.78 is 0. The molecule has 0 aromatic heterocycles. The Labute approximate surface area is 125 Å². The predicted molar refractivity (Wildman–Crippen MR) is 86.1 cm³/mol. The number of hydrogen-bond donors (Lipinski definition) is 2. The van der Waals surface area contributed by atoms with Crippen molar-refractivity contribution in [3.63, 3.8) is 0 Å². The van der Waals surface area contributed by atoms with Gasteiger partial charge in [0.1, 0.15) is 0 Å². The zero-order chi connectivity index (χ0) is 15.6. The van der Waals surface area contributed by atoms with Crippen molar-refractivity contribution in [1.82, 2.24) is 0 Å². The lowest BCUT2D eigenvalue weighted by molar-refractivity contribution is 0.0697. The first kappa shape index (κ1) is 15.1. The van der Waals surface area contributed by atoms with Gasteiger partial charge in [-0.15, -0.1) is 0 Å². The quantitative estimate of drug-likeness (QED) is 0.869. The van der Waals surface area contributed by atoms with Gasteiger partial charge in [-0.05, 0) is 57.0 Å². The summed E-state index contributed by atoms with van der Waals surface area (Å²) in [4.78, 5) is 11.0. The van der Waals surface area contributed by atoms with Crippen LogP contribution in [0.3, 0.4) is 0 Å². The van der Waals surface area contributed by atoms with Gasteiger partial charge in [-0.2, -0.15) is 0 Å². The SMILES string of the molecule is Cc1cc(C)cc(C(C)Nc2ccc(C(=O)O)cc2C)c1. The molecule has 21 heavy (non-hydrogen) atoms. The van der Waals surface area contributed by atoms with Crippen molar-refractivity contribution in [2.45, 2.75) is 33.7 Å². The second kappa shape index (κ2) is 6.00. The highest BCUT2D eigenvalue weighted by Crippen LogP contribution is 2.24. The van der Waals surface area contributed by atoms with E-state index in [9.17, 15) is 4.79 Å². The highest BCUT2D eigenvalue weighted by molar-refractivity contribution is 5.88. The van der Waals surface area contributed by atoms with Gasteiger partial charge in [0.2, 0.25) is 0 Å². The van der Waals surface area contributed by atoms with Gasteiger partial charge >= 0.3 is 5.97 Å². The standard InChI is InChI=1S/C18H21NO2/c1-11-7-12(2)9-16(8-11)14(4)19-17-6-5-15(18(20)21)10-13(17)3/h5-10,14,19H,1-4H3,(H,20,21). The Morgan fingerprint density at radius 1 is 1.05 bits per heavy atom. The van der Waals surface area contributed by atoms with Gasteiger partial charge in [-0.1, -0.05) is 29.3 Å². The number of aryl methyl sites for hydroxylation is 3. The largest absolute Gasteiger partial charge is 0.478 e. The molecule has 0 radical (unpaired) electrons. The molecule has 1 atom stereocenters. The van der Waals surface area contributed by atoms with E-state index < -0.39 is 5.97 Å². The van der Waals surface area contributed by atoms with Gasteiger partial charge in [0, 0.05) is 11.7 Å². The van der Waals surface area contributed by atoms with E-state index >= 15 is 0 Å². The van der Waals surface area contributed by atoms with E-state index in [1.54, 1.807) is 12.1 Å². The number of rotatable bonds is 4. The maximum Gasteiger partial charge on any atom is 0.335 e. The molecular weight excluding hydrogens is 262 g/mol. The third-order valence-electron chi connectivity index (χ3n) is 3.59. The third kappa shape index (κ3) is 3.63. The Morgan fingerprint density at radius 3 is 2.19 bits per heavy atom. The number of hydrogen-bond acceptors (Lipinski definition) is 2. The Bertz CT molecular complexity index is 657. The fraction of sp³-hybridized carbons (Fsp3) is 0.278. The van der Waals surface area contributed by atoms with E-state index in [0.29, 0.717) is 5.56 Å². The number of aromatic carboxylic acids is 1. The maximum atomic E-state index is 11.0. The van der Waals surface area contributed by atoms with Crippen LogP contribution in [0.2, 0.25) is 0 Å². The zero-order valence-corrected chi connectivity index (χ0v) is 12.9. The third-order valence-corrected chi connectivity index (χ3v) is 3.59. The number of carboxylic acid groups (broad SMARTS) is 1. The van der Waals surface area contributed by atoms with Gasteiger partial charge in [0.15, 0.2) is 0 Å². The zero-order valence-electron chi connectivity index (χ0n) is 12.9. The molecule has 3 heteroatoms. The summed E-state index contributed by atoms with van der Waals surface area (Å²) in [6.07, 6.45) is 0. The molecule has 0 heterocycles. The van der Waals surface area contributed by atoms with Crippen molar-refractivity contribution in [3.8, 4) is 0 Å². The molecule has 0 aliphatic carbocycles. The van der Waals surface area contributed by atoms with E-state index in [1.807, 2.05) is 13.0 Å². The number of benzene rings is 2. The molecule has 0 aliphatic rings. The van der Waals surface area contributed by atoms with Gasteiger partial charge < -0.3 is 10.4 Å². The van der Waals surface area contributed by atoms with E-state index in [0.717, 1.165) is 11.3 Å². The predicted octanol–water partition coefficient (Wildman–Crippen LogP) is 4.48. The minimum atomic E-state index is -0.896. The number of carboxylic acids is 1. The van der Waals surface area contributed by atoms with Crippen LogP contribution in [0.5, 0.6) is 0 Å². The highest BCUT2D eigenvalue weighted by Gasteiger charge is 2.10. The molecule has 2 N–H and O–H groups in total. The number of carbonyl (C=O) groups is 1. The first-order chi connectivity index (χ1) is 9.86. The summed E-state index contributed by atoms with van der Waals surface area (Å²) in [5.41, 5.74) is 5.94. The average molecular weight is 283 g/mol. The van der Waals surface area contributed by atoms with E-state index in [2.05, 4.69) is 44.3 Å². The van der Waals surface area contributed by atoms with Crippen molar-refractivity contribution in [3.05, 3.63) is 64.2 Å². The Hall–Kier alpha value is -2.29. The van der Waals surface area contributed by atoms with E-state index in [1.165, 1.54) is 16.7 Å². The summed E-state index contributed by atoms with van der Waals surface area (Å²) in [7, 11) is 0. The Balaban J connectivity index is 2.23. The summed E-state index contributed by atoms with van der Waals surface area (Å²) in [6, 6.07) is 11.8. The lowest BCUT2D eigenvalue weighted by atomic mass is 10.0. The van der Waals surface area contributed by atoms with E-state index in [-0.39, 0.29) is 6.04 Å². The number of anilines is 1. The van der Waals surface area contributed by atoms with Gasteiger partial charge in [0.05, 0.1) is 5.56 Å². The molecule has 0 fully saturated rings. The van der Waals surface area contributed by atoms with Crippen LogP contribution < -0.4 is 5.32 Å². The summed E-state index contributed by atoms with van der Waals surface area (Å²) in [5, 5.41) is 12.5. The van der Waals surface area contributed by atoms with Crippen LogP contribution in [0, 0.1) is 20.8 Å².